The number of halogens is 2. The Bertz CT molecular complexity index is 752. The minimum atomic E-state index is -0.128. The van der Waals surface area contributed by atoms with E-state index < -0.39 is 0 Å². The average Bonchev–Trinajstić information content (AvgIpc) is 3.11. The monoisotopic (exact) mass is 391 g/mol. The summed E-state index contributed by atoms with van der Waals surface area (Å²) >= 11 is 9.60. The molecule has 4 nitrogen and oxygen atoms in total. The summed E-state index contributed by atoms with van der Waals surface area (Å²) in [6.07, 6.45) is 0.874. The molecular weight excluding hydrogens is 378 g/mol. The molecule has 0 aromatic heterocycles. The first-order valence-corrected chi connectivity index (χ1v) is 8.70. The molecule has 0 spiro atoms. The van der Waals surface area contributed by atoms with Gasteiger partial charge in [0.15, 0.2) is 0 Å². The predicted molar refractivity (Wildman–Crippen MR) is 94.2 cm³/mol. The van der Waals surface area contributed by atoms with Crippen molar-refractivity contribution in [2.24, 2.45) is 0 Å². The van der Waals surface area contributed by atoms with Crippen LogP contribution in [0.25, 0.3) is 0 Å². The summed E-state index contributed by atoms with van der Waals surface area (Å²) < 4.78 is 1.03. The third-order valence-electron chi connectivity index (χ3n) is 4.28. The van der Waals surface area contributed by atoms with Crippen LogP contribution in [0.3, 0.4) is 0 Å². The van der Waals surface area contributed by atoms with Gasteiger partial charge in [0.05, 0.1) is 0 Å². The number of hydrogen-bond donors (Lipinski definition) is 0. The van der Waals surface area contributed by atoms with E-state index in [0.29, 0.717) is 5.02 Å². The summed E-state index contributed by atoms with van der Waals surface area (Å²) in [4.78, 5) is 14.7. The van der Waals surface area contributed by atoms with Crippen molar-refractivity contribution in [3.05, 3.63) is 63.6 Å². The van der Waals surface area contributed by atoms with Gasteiger partial charge in [0, 0.05) is 28.3 Å². The molecule has 2 aromatic carbocycles. The molecule has 2 aromatic rings. The lowest BCUT2D eigenvalue weighted by Crippen LogP contribution is -2.32. The van der Waals surface area contributed by atoms with Crippen LogP contribution in [0.5, 0.6) is 0 Å². The molecule has 0 bridgehead atoms. The number of nitrogens with zero attached hydrogens (tertiary/aromatic N) is 3. The van der Waals surface area contributed by atoms with Crippen molar-refractivity contribution in [2.45, 2.75) is 12.6 Å². The fourth-order valence-electron chi connectivity index (χ4n) is 3.29. The number of hydrogen-bond acceptors (Lipinski definition) is 2. The van der Waals surface area contributed by atoms with Crippen LogP contribution in [0, 0.1) is 0 Å². The van der Waals surface area contributed by atoms with Gasteiger partial charge in [0.2, 0.25) is 0 Å². The van der Waals surface area contributed by atoms with Gasteiger partial charge in [0.1, 0.15) is 6.17 Å². The molecule has 6 heteroatoms. The Morgan fingerprint density at radius 3 is 2.61 bits per heavy atom. The van der Waals surface area contributed by atoms with E-state index in [9.17, 15) is 4.79 Å². The number of carbonyl (C=O) groups excluding carboxylic acids is 1. The molecule has 1 atom stereocenters. The van der Waals surface area contributed by atoms with Crippen molar-refractivity contribution in [1.82, 2.24) is 10.0 Å². The molecule has 2 amide bonds. The Kier molecular flexibility index (Phi) is 3.79. The van der Waals surface area contributed by atoms with Crippen LogP contribution >= 0.6 is 27.5 Å². The lowest BCUT2D eigenvalue weighted by atomic mass is 10.1. The minimum Gasteiger partial charge on any atom is -0.271 e. The SMILES string of the molecule is O=C1N(c2cccc(Cl)c2)[C@@H](c2ccc(Br)cc2)N2CCCN12. The molecule has 118 valence electrons. The fourth-order valence-corrected chi connectivity index (χ4v) is 3.74. The topological polar surface area (TPSA) is 26.8 Å². The molecule has 0 saturated carbocycles. The van der Waals surface area contributed by atoms with Gasteiger partial charge in [-0.1, -0.05) is 45.7 Å². The molecule has 2 aliphatic rings. The third-order valence-corrected chi connectivity index (χ3v) is 5.04. The molecule has 2 saturated heterocycles. The number of urea groups is 1. The van der Waals surface area contributed by atoms with E-state index in [2.05, 4.69) is 33.1 Å². The summed E-state index contributed by atoms with van der Waals surface area (Å²) in [5.74, 6) is 0. The average molecular weight is 393 g/mol. The van der Waals surface area contributed by atoms with Crippen LogP contribution in [0.1, 0.15) is 18.2 Å². The number of amides is 2. The predicted octanol–water partition coefficient (Wildman–Crippen LogP) is 4.66. The van der Waals surface area contributed by atoms with Gasteiger partial charge >= 0.3 is 6.03 Å². The van der Waals surface area contributed by atoms with Crippen LogP contribution in [0.4, 0.5) is 10.5 Å². The van der Waals surface area contributed by atoms with E-state index in [-0.39, 0.29) is 12.2 Å². The smallest absolute Gasteiger partial charge is 0.271 e. The molecular formula is C17H15BrClN3O. The Morgan fingerprint density at radius 2 is 1.87 bits per heavy atom. The van der Waals surface area contributed by atoms with Crippen molar-refractivity contribution in [1.29, 1.82) is 0 Å². The zero-order valence-corrected chi connectivity index (χ0v) is 14.7. The highest BCUT2D eigenvalue weighted by Gasteiger charge is 2.47. The third kappa shape index (κ3) is 2.53. The van der Waals surface area contributed by atoms with Gasteiger partial charge in [-0.2, -0.15) is 5.01 Å². The lowest BCUT2D eigenvalue weighted by molar-refractivity contribution is 0.0728. The molecule has 23 heavy (non-hydrogen) atoms. The van der Waals surface area contributed by atoms with Crippen LogP contribution in [-0.4, -0.2) is 29.1 Å². The van der Waals surface area contributed by atoms with E-state index in [1.54, 1.807) is 0 Å². The molecule has 0 N–H and O–H groups in total. The number of fused-ring (bicyclic) bond motifs is 1. The zero-order chi connectivity index (χ0) is 16.0. The summed E-state index contributed by atoms with van der Waals surface area (Å²) in [7, 11) is 0. The molecule has 2 aliphatic heterocycles. The molecule has 2 fully saturated rings. The van der Waals surface area contributed by atoms with Gasteiger partial charge in [0.25, 0.3) is 0 Å². The van der Waals surface area contributed by atoms with E-state index >= 15 is 0 Å². The normalized spacial score (nSPS) is 21.1. The highest BCUT2D eigenvalue weighted by molar-refractivity contribution is 9.10. The lowest BCUT2D eigenvalue weighted by Gasteiger charge is -2.28. The van der Waals surface area contributed by atoms with E-state index in [4.69, 9.17) is 11.6 Å². The molecule has 4 rings (SSSR count). The van der Waals surface area contributed by atoms with Crippen molar-refractivity contribution in [2.75, 3.05) is 18.0 Å². The van der Waals surface area contributed by atoms with E-state index in [0.717, 1.165) is 35.2 Å². The highest BCUT2D eigenvalue weighted by atomic mass is 79.9. The maximum absolute atomic E-state index is 12.9. The van der Waals surface area contributed by atoms with Crippen LogP contribution < -0.4 is 4.90 Å². The Labute approximate surface area is 148 Å². The number of rotatable bonds is 2. The number of benzene rings is 2. The fraction of sp³-hybridized carbons (Fsp3) is 0.235. The first-order chi connectivity index (χ1) is 11.1. The Hall–Kier alpha value is -1.56. The standard InChI is InChI=1S/C17H15BrClN3O/c18-13-7-5-12(6-8-13)16-20-9-2-10-21(20)17(23)22(16)15-4-1-3-14(19)11-15/h1,3-8,11,16H,2,9-10H2/t16-/m0/s1. The van der Waals surface area contributed by atoms with Gasteiger partial charge in [-0.05, 0) is 42.3 Å². The van der Waals surface area contributed by atoms with Gasteiger partial charge in [-0.25, -0.2) is 4.79 Å². The van der Waals surface area contributed by atoms with Gasteiger partial charge in [-0.3, -0.25) is 9.91 Å². The summed E-state index contributed by atoms with van der Waals surface area (Å²) in [6.45, 7) is 1.65. The Balaban J connectivity index is 1.81. The summed E-state index contributed by atoms with van der Waals surface area (Å²) in [5, 5.41) is 4.62. The quantitative estimate of drug-likeness (QED) is 0.743. The van der Waals surface area contributed by atoms with Crippen LogP contribution in [0.2, 0.25) is 5.02 Å². The Morgan fingerprint density at radius 1 is 1.09 bits per heavy atom. The second-order valence-electron chi connectivity index (χ2n) is 5.70. The number of carbonyl (C=O) groups is 1. The second-order valence-corrected chi connectivity index (χ2v) is 7.05. The van der Waals surface area contributed by atoms with Crippen LogP contribution in [-0.2, 0) is 0 Å². The highest BCUT2D eigenvalue weighted by Crippen LogP contribution is 2.41. The second kappa shape index (κ2) is 5.82. The molecule has 0 aliphatic carbocycles. The summed E-state index contributed by atoms with van der Waals surface area (Å²) in [6, 6.07) is 15.6. The molecule has 2 heterocycles. The maximum atomic E-state index is 12.9. The van der Waals surface area contributed by atoms with Crippen molar-refractivity contribution in [3.8, 4) is 0 Å². The van der Waals surface area contributed by atoms with E-state index in [1.807, 2.05) is 46.3 Å². The summed E-state index contributed by atoms with van der Waals surface area (Å²) in [5.41, 5.74) is 1.91. The zero-order valence-electron chi connectivity index (χ0n) is 12.3. The van der Waals surface area contributed by atoms with Crippen molar-refractivity contribution < 1.29 is 4.79 Å². The van der Waals surface area contributed by atoms with Crippen molar-refractivity contribution in [3.63, 3.8) is 0 Å². The minimum absolute atomic E-state index is 0.0117. The first kappa shape index (κ1) is 15.0. The molecule has 0 unspecified atom stereocenters. The van der Waals surface area contributed by atoms with Crippen LogP contribution in [0.15, 0.2) is 53.0 Å². The maximum Gasteiger partial charge on any atom is 0.340 e. The molecule has 0 radical (unpaired) electrons. The largest absolute Gasteiger partial charge is 0.340 e. The van der Waals surface area contributed by atoms with Gasteiger partial charge < -0.3 is 0 Å². The van der Waals surface area contributed by atoms with E-state index in [1.165, 1.54) is 0 Å². The van der Waals surface area contributed by atoms with Crippen molar-refractivity contribution >= 4 is 39.2 Å². The van der Waals surface area contributed by atoms with Gasteiger partial charge in [-0.15, -0.1) is 0 Å². The number of anilines is 1. The first-order valence-electron chi connectivity index (χ1n) is 7.53. The number of hydrazine groups is 1.